The lowest BCUT2D eigenvalue weighted by molar-refractivity contribution is -0.174. The van der Waals surface area contributed by atoms with Crippen LogP contribution >= 0.6 is 0 Å². The fourth-order valence-electron chi connectivity index (χ4n) is 1.48. The van der Waals surface area contributed by atoms with Gasteiger partial charge in [0, 0.05) is 6.04 Å². The Kier molecular flexibility index (Phi) is 3.44. The third-order valence-electron chi connectivity index (χ3n) is 2.60. The van der Waals surface area contributed by atoms with Crippen molar-refractivity contribution >= 4 is 0 Å². The minimum atomic E-state index is -1.96. The molecule has 0 heterocycles. The molecule has 0 amide bonds. The summed E-state index contributed by atoms with van der Waals surface area (Å²) in [7, 11) is 1.71. The van der Waals surface area contributed by atoms with Gasteiger partial charge in [0.15, 0.2) is 5.79 Å². The van der Waals surface area contributed by atoms with E-state index in [9.17, 15) is 15.3 Å². The van der Waals surface area contributed by atoms with Crippen LogP contribution in [0.15, 0.2) is 24.3 Å². The minimum Gasteiger partial charge on any atom is -0.391 e. The van der Waals surface area contributed by atoms with E-state index in [-0.39, 0.29) is 6.04 Å². The summed E-state index contributed by atoms with van der Waals surface area (Å²) in [5, 5.41) is 31.8. The van der Waals surface area contributed by atoms with E-state index >= 15 is 0 Å². The number of allylic oxidation sites excluding steroid dienone is 2. The van der Waals surface area contributed by atoms with Gasteiger partial charge >= 0.3 is 0 Å². The van der Waals surface area contributed by atoms with Crippen LogP contribution in [-0.4, -0.2) is 40.3 Å². The fourth-order valence-corrected chi connectivity index (χ4v) is 1.48. The molecule has 0 aromatic heterocycles. The Morgan fingerprint density at radius 1 is 1.36 bits per heavy atom. The van der Waals surface area contributed by atoms with Gasteiger partial charge in [0.25, 0.3) is 0 Å². The molecule has 4 N–H and O–H groups in total. The van der Waals surface area contributed by atoms with Crippen molar-refractivity contribution in [2.75, 3.05) is 7.05 Å². The molecule has 0 spiro atoms. The molecule has 80 valence electrons. The lowest BCUT2D eigenvalue weighted by Gasteiger charge is -2.34. The smallest absolute Gasteiger partial charge is 0.192 e. The van der Waals surface area contributed by atoms with Crippen LogP contribution in [0.4, 0.5) is 0 Å². The second-order valence-electron chi connectivity index (χ2n) is 3.62. The van der Waals surface area contributed by atoms with Gasteiger partial charge < -0.3 is 20.6 Å². The molecule has 0 radical (unpaired) electrons. The van der Waals surface area contributed by atoms with Gasteiger partial charge in [-0.25, -0.2) is 0 Å². The molecule has 0 aliphatic heterocycles. The highest BCUT2D eigenvalue weighted by atomic mass is 16.5. The summed E-state index contributed by atoms with van der Waals surface area (Å²) in [5.74, 6) is -2.66. The maximum atomic E-state index is 9.81. The molecule has 1 aliphatic carbocycles. The molecule has 4 nitrogen and oxygen atoms in total. The zero-order valence-corrected chi connectivity index (χ0v) is 8.38. The summed E-state index contributed by atoms with van der Waals surface area (Å²) >= 11 is 0. The highest BCUT2D eigenvalue weighted by Gasteiger charge is 2.38. The number of rotatable bonds is 3. The molecule has 4 heteroatoms. The quantitative estimate of drug-likeness (QED) is 0.457. The molecule has 0 bridgehead atoms. The number of nitrogens with one attached hydrogen (secondary N) is 1. The average molecular weight is 199 g/mol. The van der Waals surface area contributed by atoms with E-state index in [1.165, 1.54) is 6.08 Å². The van der Waals surface area contributed by atoms with E-state index in [2.05, 4.69) is 5.32 Å². The minimum absolute atomic E-state index is 0.199. The number of hydrogen-bond acceptors (Lipinski definition) is 4. The molecule has 1 unspecified atom stereocenters. The van der Waals surface area contributed by atoms with Gasteiger partial charge in [-0.2, -0.15) is 0 Å². The van der Waals surface area contributed by atoms with Crippen LogP contribution in [-0.2, 0) is 0 Å². The van der Waals surface area contributed by atoms with E-state index in [1.807, 2.05) is 0 Å². The Balaban J connectivity index is 2.77. The van der Waals surface area contributed by atoms with Crippen LogP contribution in [0.25, 0.3) is 0 Å². The van der Waals surface area contributed by atoms with Gasteiger partial charge in [0.1, 0.15) is 0 Å². The molecule has 3 atom stereocenters. The van der Waals surface area contributed by atoms with E-state index < -0.39 is 17.8 Å². The lowest BCUT2D eigenvalue weighted by Crippen LogP contribution is -2.49. The van der Waals surface area contributed by atoms with Crippen molar-refractivity contribution in [3.8, 4) is 0 Å². The topological polar surface area (TPSA) is 72.7 Å². The predicted molar refractivity (Wildman–Crippen MR) is 53.5 cm³/mol. The van der Waals surface area contributed by atoms with Crippen molar-refractivity contribution in [2.24, 2.45) is 5.92 Å². The monoisotopic (exact) mass is 199 g/mol. The van der Waals surface area contributed by atoms with Crippen molar-refractivity contribution in [1.29, 1.82) is 0 Å². The molecule has 0 saturated heterocycles. The highest BCUT2D eigenvalue weighted by molar-refractivity contribution is 5.19. The second-order valence-corrected chi connectivity index (χ2v) is 3.62. The van der Waals surface area contributed by atoms with Gasteiger partial charge in [0.2, 0.25) is 0 Å². The molecule has 0 aromatic carbocycles. The Morgan fingerprint density at radius 2 is 2.00 bits per heavy atom. The zero-order chi connectivity index (χ0) is 10.8. The van der Waals surface area contributed by atoms with E-state index in [1.54, 1.807) is 32.2 Å². The number of aliphatic hydroxyl groups is 3. The van der Waals surface area contributed by atoms with Crippen LogP contribution < -0.4 is 5.32 Å². The van der Waals surface area contributed by atoms with Crippen LogP contribution in [0.2, 0.25) is 0 Å². The van der Waals surface area contributed by atoms with Gasteiger partial charge in [-0.3, -0.25) is 0 Å². The lowest BCUT2D eigenvalue weighted by atomic mass is 9.86. The maximum absolute atomic E-state index is 9.81. The Morgan fingerprint density at radius 3 is 2.50 bits per heavy atom. The summed E-state index contributed by atoms with van der Waals surface area (Å²) in [6, 6.07) is -0.199. The molecule has 0 fully saturated rings. The number of hydrogen-bond donors (Lipinski definition) is 4. The van der Waals surface area contributed by atoms with Gasteiger partial charge in [0.05, 0.1) is 12.0 Å². The molecule has 14 heavy (non-hydrogen) atoms. The van der Waals surface area contributed by atoms with Crippen molar-refractivity contribution in [1.82, 2.24) is 5.32 Å². The van der Waals surface area contributed by atoms with Gasteiger partial charge in [-0.15, -0.1) is 0 Å². The zero-order valence-electron chi connectivity index (χ0n) is 8.38. The summed E-state index contributed by atoms with van der Waals surface area (Å²) in [5.41, 5.74) is 0. The third kappa shape index (κ3) is 2.22. The summed E-state index contributed by atoms with van der Waals surface area (Å²) in [4.78, 5) is 0. The Bertz CT molecular complexity index is 248. The van der Waals surface area contributed by atoms with Crippen LogP contribution in [0.3, 0.4) is 0 Å². The predicted octanol–water partition coefficient (Wildman–Crippen LogP) is -0.622. The average Bonchev–Trinajstić information content (AvgIpc) is 2.15. The first kappa shape index (κ1) is 11.4. The standard InChI is InChI=1S/C10H17NO3/c1-7(11-2)9(12)8-5-3-4-6-10(8,13)14/h3-9,11-14H,1-2H3/t7-,8?,9+/m0/s1. The first-order valence-electron chi connectivity index (χ1n) is 4.65. The van der Waals surface area contributed by atoms with Gasteiger partial charge in [-0.05, 0) is 20.0 Å². The first-order chi connectivity index (χ1) is 6.49. The van der Waals surface area contributed by atoms with Crippen molar-refractivity contribution in [2.45, 2.75) is 24.9 Å². The molecular weight excluding hydrogens is 182 g/mol. The van der Waals surface area contributed by atoms with Crippen molar-refractivity contribution in [3.05, 3.63) is 24.3 Å². The van der Waals surface area contributed by atoms with Gasteiger partial charge in [-0.1, -0.05) is 18.2 Å². The maximum Gasteiger partial charge on any atom is 0.192 e. The van der Waals surface area contributed by atoms with Crippen LogP contribution in [0.1, 0.15) is 6.92 Å². The van der Waals surface area contributed by atoms with Crippen LogP contribution in [0, 0.1) is 5.92 Å². The van der Waals surface area contributed by atoms with E-state index in [0.29, 0.717) is 0 Å². The Hall–Kier alpha value is -0.680. The molecular formula is C10H17NO3. The SMILES string of the molecule is CN[C@@H](C)[C@@H](O)C1C=CC=CC1(O)O. The normalized spacial score (nSPS) is 28.8. The number of likely N-dealkylation sites (N-methyl/N-ethyl adjacent to an activating group) is 1. The highest BCUT2D eigenvalue weighted by Crippen LogP contribution is 2.26. The van der Waals surface area contributed by atoms with E-state index in [0.717, 1.165) is 0 Å². The summed E-state index contributed by atoms with van der Waals surface area (Å²) in [6.45, 7) is 1.78. The molecule has 1 rings (SSSR count). The third-order valence-corrected chi connectivity index (χ3v) is 2.60. The largest absolute Gasteiger partial charge is 0.391 e. The molecule has 0 aromatic rings. The first-order valence-corrected chi connectivity index (χ1v) is 4.65. The van der Waals surface area contributed by atoms with Crippen molar-refractivity contribution < 1.29 is 15.3 Å². The van der Waals surface area contributed by atoms with Crippen LogP contribution in [0.5, 0.6) is 0 Å². The summed E-state index contributed by atoms with van der Waals surface area (Å²) in [6.07, 6.45) is 5.27. The van der Waals surface area contributed by atoms with E-state index in [4.69, 9.17) is 0 Å². The Labute approximate surface area is 83.6 Å². The number of aliphatic hydroxyl groups excluding tert-OH is 1. The molecule has 1 aliphatic rings. The molecule has 0 saturated carbocycles. The summed E-state index contributed by atoms with van der Waals surface area (Å²) < 4.78 is 0. The second kappa shape index (κ2) is 4.23. The fraction of sp³-hybridized carbons (Fsp3) is 0.600. The van der Waals surface area contributed by atoms with Crippen molar-refractivity contribution in [3.63, 3.8) is 0 Å².